The summed E-state index contributed by atoms with van der Waals surface area (Å²) in [5.41, 5.74) is 5.35. The lowest BCUT2D eigenvalue weighted by Gasteiger charge is -2.63. The average Bonchev–Trinajstić information content (AvgIpc) is 2.88. The van der Waals surface area contributed by atoms with E-state index in [0.717, 1.165) is 0 Å². The van der Waals surface area contributed by atoms with Crippen LogP contribution in [0.1, 0.15) is 0 Å². The van der Waals surface area contributed by atoms with Crippen LogP contribution in [0.2, 0.25) is 39.3 Å². The molecule has 38 heavy (non-hydrogen) atoms. The first-order valence-electron chi connectivity index (χ1n) is 13.5. The molecule has 1 fully saturated rings. The molecule has 0 amide bonds. The number of nitrogens with zero attached hydrogens (tertiary/aromatic N) is 2. The Kier molecular flexibility index (Phi) is 8.08. The molecule has 0 spiro atoms. The fourth-order valence-electron chi connectivity index (χ4n) is 5.51. The predicted molar refractivity (Wildman–Crippen MR) is 182 cm³/mol. The summed E-state index contributed by atoms with van der Waals surface area (Å²) in [5, 5.41) is 0. The molecule has 1 aliphatic rings. The zero-order valence-electron chi connectivity index (χ0n) is 23.5. The van der Waals surface area contributed by atoms with E-state index in [1.165, 1.54) is 22.7 Å². The van der Waals surface area contributed by atoms with Gasteiger partial charge in [0.25, 0.3) is 12.6 Å². The van der Waals surface area contributed by atoms with Gasteiger partial charge in [-0.05, 0) is 48.5 Å². The quantitative estimate of drug-likeness (QED) is 0.155. The number of benzene rings is 4. The summed E-state index contributed by atoms with van der Waals surface area (Å²) in [7, 11) is -3.69. The van der Waals surface area contributed by atoms with Gasteiger partial charge < -0.3 is 9.62 Å². The maximum atomic E-state index is 2.76. The summed E-state index contributed by atoms with van der Waals surface area (Å²) < 4.78 is 0. The minimum atomic E-state index is -1.56. The van der Waals surface area contributed by atoms with Crippen LogP contribution in [-0.2, 0) is 0 Å². The summed E-state index contributed by atoms with van der Waals surface area (Å²) >= 11 is 0. The molecule has 0 N–H and O–H groups in total. The van der Waals surface area contributed by atoms with Crippen LogP contribution in [0.5, 0.6) is 0 Å². The molecule has 1 saturated heterocycles. The number of hydrogen-bond donors (Lipinski definition) is 0. The molecule has 8 heteroatoms. The highest BCUT2D eigenvalue weighted by atomic mass is 31.5. The van der Waals surface area contributed by atoms with Gasteiger partial charge in [-0.3, -0.25) is 0 Å². The van der Waals surface area contributed by atoms with Crippen molar-refractivity contribution in [2.45, 2.75) is 39.3 Å². The van der Waals surface area contributed by atoms with Crippen LogP contribution in [0, 0.1) is 0 Å². The highest BCUT2D eigenvalue weighted by Gasteiger charge is 2.67. The van der Waals surface area contributed by atoms with Gasteiger partial charge in [-0.1, -0.05) is 112 Å². The molecule has 4 aromatic rings. The van der Waals surface area contributed by atoms with Crippen molar-refractivity contribution in [2.75, 3.05) is 9.62 Å². The third-order valence-corrected chi connectivity index (χ3v) is 31.0. The summed E-state index contributed by atoms with van der Waals surface area (Å²) in [4.78, 5) is 5.52. The standard InChI is InChI=1S/C30H38B2N2P2Si2/c1-37(2,3)35-31(33(27-19-11-7-12-20-27)28-21-13-8-14-22-28)36(38(4,5)6)32(35)34(29-23-15-9-16-24-29)30-25-17-10-18-26-30/h7-26H,1-6H3. The zero-order chi connectivity index (χ0) is 26.9. The molecule has 1 heterocycles. The lowest BCUT2D eigenvalue weighted by atomic mass is 10.1. The van der Waals surface area contributed by atoms with Crippen LogP contribution in [0.3, 0.4) is 0 Å². The Bertz CT molecular complexity index is 1130. The van der Waals surface area contributed by atoms with Crippen molar-refractivity contribution in [3.8, 4) is 0 Å². The van der Waals surface area contributed by atoms with Gasteiger partial charge in [-0.15, -0.1) is 14.5 Å². The summed E-state index contributed by atoms with van der Waals surface area (Å²) in [5.74, 6) is 0. The van der Waals surface area contributed by atoms with Crippen LogP contribution >= 0.6 is 14.5 Å². The van der Waals surface area contributed by atoms with Crippen molar-refractivity contribution in [1.29, 1.82) is 0 Å². The van der Waals surface area contributed by atoms with Crippen LogP contribution < -0.4 is 9.62 Å². The normalized spacial score (nSPS) is 17.6. The molecule has 0 saturated carbocycles. The summed E-state index contributed by atoms with van der Waals surface area (Å²) in [6, 6.07) is 44.8. The molecular weight excluding hydrogens is 528 g/mol. The Morgan fingerprint density at radius 3 is 0.789 bits per heavy atom. The van der Waals surface area contributed by atoms with Crippen LogP contribution in [0.25, 0.3) is 0 Å². The SMILES string of the molecule is C[Si](C)(C)P1B(N(c2ccccc2)c2ccccc2)P([Si](C)(C)C)B1N(c1ccccc1)c1ccccc1. The Balaban J connectivity index is 1.72. The second kappa shape index (κ2) is 11.2. The minimum absolute atomic E-state index is 0.288. The molecule has 0 atom stereocenters. The van der Waals surface area contributed by atoms with Crippen LogP contribution in [0.15, 0.2) is 121 Å². The molecule has 0 aromatic heterocycles. The Hall–Kier alpha value is -2.10. The topological polar surface area (TPSA) is 6.48 Å². The zero-order valence-corrected chi connectivity index (χ0v) is 27.3. The van der Waals surface area contributed by atoms with Crippen molar-refractivity contribution in [3.63, 3.8) is 0 Å². The first-order chi connectivity index (χ1) is 18.2. The molecule has 0 bridgehead atoms. The Morgan fingerprint density at radius 1 is 0.395 bits per heavy atom. The maximum Gasteiger partial charge on any atom is 0.296 e. The van der Waals surface area contributed by atoms with Gasteiger partial charge in [0, 0.05) is 22.7 Å². The van der Waals surface area contributed by atoms with E-state index < -0.39 is 15.5 Å². The fourth-order valence-corrected chi connectivity index (χ4v) is 42.2. The first-order valence-corrected chi connectivity index (χ1v) is 25.2. The van der Waals surface area contributed by atoms with E-state index in [1.54, 1.807) is 0 Å². The number of hydrogen-bond acceptors (Lipinski definition) is 2. The molecule has 1 aliphatic heterocycles. The molecule has 5 rings (SSSR count). The van der Waals surface area contributed by atoms with Gasteiger partial charge >= 0.3 is 0 Å². The second-order valence-corrected chi connectivity index (χ2v) is 36.2. The van der Waals surface area contributed by atoms with Gasteiger partial charge in [0.2, 0.25) is 0 Å². The van der Waals surface area contributed by atoms with Gasteiger partial charge in [0.15, 0.2) is 0 Å². The molecule has 0 radical (unpaired) electrons. The van der Waals surface area contributed by atoms with Gasteiger partial charge in [-0.2, -0.15) is 0 Å². The van der Waals surface area contributed by atoms with E-state index in [0.29, 0.717) is 12.6 Å². The third kappa shape index (κ3) is 5.47. The van der Waals surface area contributed by atoms with Gasteiger partial charge in [-0.25, -0.2) is 0 Å². The van der Waals surface area contributed by atoms with Crippen molar-refractivity contribution in [1.82, 2.24) is 0 Å². The fraction of sp³-hybridized carbons (Fsp3) is 0.200. The molecule has 4 aromatic carbocycles. The van der Waals surface area contributed by atoms with E-state index in [9.17, 15) is 0 Å². The molecule has 192 valence electrons. The molecule has 0 unspecified atom stereocenters. The van der Waals surface area contributed by atoms with Crippen molar-refractivity contribution in [3.05, 3.63) is 121 Å². The molecular formula is C30H38B2N2P2Si2. The lowest BCUT2D eigenvalue weighted by molar-refractivity contribution is 1.39. The Morgan fingerprint density at radius 2 is 0.605 bits per heavy atom. The Labute approximate surface area is 234 Å². The van der Waals surface area contributed by atoms with Crippen LogP contribution in [0.4, 0.5) is 22.7 Å². The van der Waals surface area contributed by atoms with Crippen molar-refractivity contribution in [2.24, 2.45) is 0 Å². The summed E-state index contributed by atoms with van der Waals surface area (Å²) in [6.45, 7) is 15.7. The van der Waals surface area contributed by atoms with E-state index in [1.807, 2.05) is 0 Å². The largest absolute Gasteiger partial charge is 0.379 e. The van der Waals surface area contributed by atoms with Crippen LogP contribution in [-0.4, -0.2) is 28.1 Å². The molecule has 2 nitrogen and oxygen atoms in total. The van der Waals surface area contributed by atoms with E-state index in [2.05, 4.69) is 170 Å². The second-order valence-electron chi connectivity index (χ2n) is 11.9. The monoisotopic (exact) mass is 566 g/mol. The maximum absolute atomic E-state index is 2.76. The van der Waals surface area contributed by atoms with Crippen molar-refractivity contribution < 1.29 is 0 Å². The summed E-state index contributed by atoms with van der Waals surface area (Å²) in [6.07, 6.45) is 1.17. The van der Waals surface area contributed by atoms with Crippen molar-refractivity contribution >= 4 is 65.3 Å². The number of anilines is 4. The van der Waals surface area contributed by atoms with E-state index >= 15 is 0 Å². The molecule has 0 aliphatic carbocycles. The highest BCUT2D eigenvalue weighted by molar-refractivity contribution is 8.75. The van der Waals surface area contributed by atoms with Gasteiger partial charge in [0.05, 0.1) is 15.5 Å². The van der Waals surface area contributed by atoms with Gasteiger partial charge in [0.1, 0.15) is 0 Å². The average molecular weight is 566 g/mol. The highest BCUT2D eigenvalue weighted by Crippen LogP contribution is 2.83. The first kappa shape index (κ1) is 27.5. The minimum Gasteiger partial charge on any atom is -0.379 e. The smallest absolute Gasteiger partial charge is 0.296 e. The van der Waals surface area contributed by atoms with E-state index in [4.69, 9.17) is 0 Å². The lowest BCUT2D eigenvalue weighted by Crippen LogP contribution is -2.62. The number of para-hydroxylation sites is 4. The number of rotatable bonds is 8. The predicted octanol–water partition coefficient (Wildman–Crippen LogP) is 10.3. The van der Waals surface area contributed by atoms with E-state index in [-0.39, 0.29) is 14.5 Å². The third-order valence-electron chi connectivity index (χ3n) is 7.14.